The van der Waals surface area contributed by atoms with Gasteiger partial charge in [0.1, 0.15) is 6.54 Å². The maximum Gasteiger partial charge on any atom is 0.325 e. The number of carbonyl (C=O) groups excluding carboxylic acids is 2. The summed E-state index contributed by atoms with van der Waals surface area (Å²) in [6.45, 7) is 8.54. The van der Waals surface area contributed by atoms with Crippen LogP contribution in [-0.2, 0) is 9.53 Å². The van der Waals surface area contributed by atoms with Crippen molar-refractivity contribution in [3.05, 3.63) is 33.8 Å². The Morgan fingerprint density at radius 3 is 2.52 bits per heavy atom. The van der Waals surface area contributed by atoms with E-state index < -0.39 is 0 Å². The molecule has 0 aliphatic rings. The van der Waals surface area contributed by atoms with Crippen molar-refractivity contribution >= 4 is 27.8 Å². The Bertz CT molecular complexity index is 514. The molecule has 0 fully saturated rings. The van der Waals surface area contributed by atoms with E-state index in [1.54, 1.807) is 13.0 Å². The van der Waals surface area contributed by atoms with Crippen LogP contribution in [0.1, 0.15) is 36.7 Å². The van der Waals surface area contributed by atoms with Gasteiger partial charge >= 0.3 is 5.97 Å². The van der Waals surface area contributed by atoms with Gasteiger partial charge < -0.3 is 9.64 Å². The third-order valence-electron chi connectivity index (χ3n) is 2.85. The maximum atomic E-state index is 12.6. The van der Waals surface area contributed by atoms with Gasteiger partial charge in [0.15, 0.2) is 0 Å². The van der Waals surface area contributed by atoms with Gasteiger partial charge in [0.05, 0.1) is 12.2 Å². The van der Waals surface area contributed by atoms with Crippen LogP contribution in [0, 0.1) is 12.8 Å². The summed E-state index contributed by atoms with van der Waals surface area (Å²) in [4.78, 5) is 25.9. The number of carbonyl (C=O) groups is 2. The van der Waals surface area contributed by atoms with E-state index in [1.165, 1.54) is 4.90 Å². The molecule has 0 N–H and O–H groups in total. The highest BCUT2D eigenvalue weighted by Crippen LogP contribution is 2.20. The minimum absolute atomic E-state index is 0.0226. The lowest BCUT2D eigenvalue weighted by atomic mass is 10.1. The lowest BCUT2D eigenvalue weighted by Gasteiger charge is -2.24. The molecule has 0 aromatic heterocycles. The molecule has 0 spiro atoms. The van der Waals surface area contributed by atoms with Crippen LogP contribution in [0.4, 0.5) is 0 Å². The Morgan fingerprint density at radius 2 is 2.00 bits per heavy atom. The van der Waals surface area contributed by atoms with E-state index in [0.717, 1.165) is 10.0 Å². The lowest BCUT2D eigenvalue weighted by molar-refractivity contribution is -0.143. The quantitative estimate of drug-likeness (QED) is 0.734. The molecule has 0 saturated carbocycles. The fourth-order valence-corrected chi connectivity index (χ4v) is 2.65. The first-order valence-corrected chi connectivity index (χ1v) is 7.85. The van der Waals surface area contributed by atoms with Crippen molar-refractivity contribution in [3.8, 4) is 0 Å². The molecule has 1 rings (SSSR count). The van der Waals surface area contributed by atoms with Gasteiger partial charge in [-0.25, -0.2) is 0 Å². The number of esters is 1. The van der Waals surface area contributed by atoms with Crippen LogP contribution in [-0.4, -0.2) is 36.5 Å². The van der Waals surface area contributed by atoms with Crippen molar-refractivity contribution in [2.75, 3.05) is 19.7 Å². The first-order valence-electron chi connectivity index (χ1n) is 7.06. The minimum atomic E-state index is -0.380. The topological polar surface area (TPSA) is 46.6 Å². The maximum absolute atomic E-state index is 12.6. The fraction of sp³-hybridized carbons (Fsp3) is 0.500. The molecular weight excluding hydrogens is 334 g/mol. The number of halogens is 1. The van der Waals surface area contributed by atoms with Gasteiger partial charge in [-0.1, -0.05) is 19.9 Å². The fourth-order valence-electron chi connectivity index (χ4n) is 1.99. The normalized spacial score (nSPS) is 10.6. The molecule has 0 atom stereocenters. The van der Waals surface area contributed by atoms with Crippen LogP contribution in [0.25, 0.3) is 0 Å². The summed E-state index contributed by atoms with van der Waals surface area (Å²) in [6.07, 6.45) is 0. The molecule has 4 nitrogen and oxygen atoms in total. The number of amides is 1. The number of nitrogens with zero attached hydrogens (tertiary/aromatic N) is 1. The number of hydrogen-bond donors (Lipinski definition) is 0. The van der Waals surface area contributed by atoms with E-state index in [-0.39, 0.29) is 24.3 Å². The van der Waals surface area contributed by atoms with Crippen LogP contribution >= 0.6 is 15.9 Å². The zero-order chi connectivity index (χ0) is 16.0. The molecule has 0 aliphatic heterocycles. The van der Waals surface area contributed by atoms with E-state index in [4.69, 9.17) is 4.74 Å². The molecule has 0 radical (unpaired) electrons. The monoisotopic (exact) mass is 355 g/mol. The number of rotatable bonds is 6. The Balaban J connectivity index is 2.95. The largest absolute Gasteiger partial charge is 0.465 e. The van der Waals surface area contributed by atoms with Crippen LogP contribution in [0.5, 0.6) is 0 Å². The molecule has 0 aliphatic carbocycles. The summed E-state index contributed by atoms with van der Waals surface area (Å²) >= 11 is 3.42. The Kier molecular flexibility index (Phi) is 6.89. The summed E-state index contributed by atoms with van der Waals surface area (Å²) in [5.74, 6) is -0.272. The Hall–Kier alpha value is -1.36. The predicted octanol–water partition coefficient (Wildman–Crippen LogP) is 3.42. The standard InChI is InChI=1S/C16H22BrNO3/c1-5-21-15(19)10-18(9-11(2)3)16(20)13-7-6-12(4)8-14(13)17/h6-8,11H,5,9-10H2,1-4H3. The van der Waals surface area contributed by atoms with Crippen LogP contribution < -0.4 is 0 Å². The zero-order valence-electron chi connectivity index (χ0n) is 13.0. The van der Waals surface area contributed by atoms with Crippen molar-refractivity contribution in [1.29, 1.82) is 0 Å². The molecular formula is C16H22BrNO3. The lowest BCUT2D eigenvalue weighted by Crippen LogP contribution is -2.39. The second-order valence-electron chi connectivity index (χ2n) is 5.37. The molecule has 0 unspecified atom stereocenters. The van der Waals surface area contributed by atoms with E-state index in [1.807, 2.05) is 32.9 Å². The van der Waals surface area contributed by atoms with Crippen molar-refractivity contribution in [2.45, 2.75) is 27.7 Å². The van der Waals surface area contributed by atoms with Crippen molar-refractivity contribution in [1.82, 2.24) is 4.90 Å². The number of hydrogen-bond acceptors (Lipinski definition) is 3. The first-order chi connectivity index (χ1) is 9.85. The van der Waals surface area contributed by atoms with Gasteiger partial charge in [-0.05, 0) is 53.4 Å². The van der Waals surface area contributed by atoms with Crippen molar-refractivity contribution < 1.29 is 14.3 Å². The van der Waals surface area contributed by atoms with Gasteiger partial charge in [-0.15, -0.1) is 0 Å². The molecule has 0 bridgehead atoms. The summed E-state index contributed by atoms with van der Waals surface area (Å²) in [7, 11) is 0. The third kappa shape index (κ3) is 5.50. The predicted molar refractivity (Wildman–Crippen MR) is 86.3 cm³/mol. The van der Waals surface area contributed by atoms with Crippen LogP contribution in [0.3, 0.4) is 0 Å². The second kappa shape index (κ2) is 8.17. The highest BCUT2D eigenvalue weighted by atomic mass is 79.9. The molecule has 1 aromatic rings. The minimum Gasteiger partial charge on any atom is -0.465 e. The SMILES string of the molecule is CCOC(=O)CN(CC(C)C)C(=O)c1ccc(C)cc1Br. The van der Waals surface area contributed by atoms with Crippen molar-refractivity contribution in [2.24, 2.45) is 5.92 Å². The van der Waals surface area contributed by atoms with Gasteiger partial charge in [-0.3, -0.25) is 9.59 Å². The van der Waals surface area contributed by atoms with E-state index in [0.29, 0.717) is 18.7 Å². The highest BCUT2D eigenvalue weighted by molar-refractivity contribution is 9.10. The molecule has 1 aromatic carbocycles. The van der Waals surface area contributed by atoms with Crippen molar-refractivity contribution in [3.63, 3.8) is 0 Å². The zero-order valence-corrected chi connectivity index (χ0v) is 14.6. The van der Waals surface area contributed by atoms with Gasteiger partial charge in [0, 0.05) is 11.0 Å². The second-order valence-corrected chi connectivity index (χ2v) is 6.22. The average molecular weight is 356 g/mol. The Morgan fingerprint density at radius 1 is 1.33 bits per heavy atom. The number of ether oxygens (including phenoxy) is 1. The average Bonchev–Trinajstić information content (AvgIpc) is 2.37. The molecule has 1 amide bonds. The molecule has 0 saturated heterocycles. The van der Waals surface area contributed by atoms with E-state index in [2.05, 4.69) is 15.9 Å². The smallest absolute Gasteiger partial charge is 0.325 e. The third-order valence-corrected chi connectivity index (χ3v) is 3.51. The summed E-state index contributed by atoms with van der Waals surface area (Å²) in [5, 5.41) is 0. The van der Waals surface area contributed by atoms with Crippen LogP contribution in [0.15, 0.2) is 22.7 Å². The Labute approximate surface area is 134 Å². The number of benzene rings is 1. The summed E-state index contributed by atoms with van der Waals surface area (Å²) < 4.78 is 5.69. The highest BCUT2D eigenvalue weighted by Gasteiger charge is 2.22. The molecule has 5 heteroatoms. The molecule has 0 heterocycles. The van der Waals surface area contributed by atoms with Gasteiger partial charge in [-0.2, -0.15) is 0 Å². The van der Waals surface area contributed by atoms with E-state index >= 15 is 0 Å². The number of aryl methyl sites for hydroxylation is 1. The van der Waals surface area contributed by atoms with E-state index in [9.17, 15) is 9.59 Å². The molecule has 21 heavy (non-hydrogen) atoms. The van der Waals surface area contributed by atoms with Gasteiger partial charge in [0.2, 0.25) is 0 Å². The summed E-state index contributed by atoms with van der Waals surface area (Å²) in [5.41, 5.74) is 1.63. The first kappa shape index (κ1) is 17.7. The van der Waals surface area contributed by atoms with Gasteiger partial charge in [0.25, 0.3) is 5.91 Å². The summed E-state index contributed by atoms with van der Waals surface area (Å²) in [6, 6.07) is 5.56. The molecule has 116 valence electrons. The van der Waals surface area contributed by atoms with Crippen LogP contribution in [0.2, 0.25) is 0 Å².